The van der Waals surface area contributed by atoms with E-state index in [9.17, 15) is 13.2 Å². The SMILES string of the molecule is CCNC(=NCC1CCOC1)N1CCN(C(C)C(F)(F)F)CC1.I. The molecule has 2 unspecified atom stereocenters. The Kier molecular flexibility index (Phi) is 9.07. The lowest BCUT2D eigenvalue weighted by atomic mass is 10.1. The summed E-state index contributed by atoms with van der Waals surface area (Å²) in [6, 6.07) is -1.39. The number of rotatable bonds is 4. The Morgan fingerprint density at radius 2 is 1.96 bits per heavy atom. The van der Waals surface area contributed by atoms with E-state index in [0.717, 1.165) is 32.1 Å². The zero-order valence-corrected chi connectivity index (χ0v) is 16.6. The Hall–Kier alpha value is -0.290. The summed E-state index contributed by atoms with van der Waals surface area (Å²) in [6.45, 7) is 8.16. The largest absolute Gasteiger partial charge is 0.403 e. The van der Waals surface area contributed by atoms with Crippen LogP contribution in [0.4, 0.5) is 13.2 Å². The lowest BCUT2D eigenvalue weighted by Gasteiger charge is -2.39. The molecule has 142 valence electrons. The summed E-state index contributed by atoms with van der Waals surface area (Å²) >= 11 is 0. The predicted octanol–water partition coefficient (Wildman–Crippen LogP) is 2.17. The first kappa shape index (κ1) is 21.8. The minimum atomic E-state index is -4.16. The molecule has 2 saturated heterocycles. The van der Waals surface area contributed by atoms with Crippen LogP contribution in [-0.2, 0) is 4.74 Å². The van der Waals surface area contributed by atoms with Crippen molar-refractivity contribution in [3.05, 3.63) is 0 Å². The second kappa shape index (κ2) is 10.0. The summed E-state index contributed by atoms with van der Waals surface area (Å²) in [7, 11) is 0. The molecule has 0 aromatic carbocycles. The number of ether oxygens (including phenoxy) is 1. The first-order valence-electron chi connectivity index (χ1n) is 8.33. The highest BCUT2D eigenvalue weighted by Crippen LogP contribution is 2.25. The van der Waals surface area contributed by atoms with Crippen LogP contribution in [0.2, 0.25) is 0 Å². The Bertz CT molecular complexity index is 395. The third kappa shape index (κ3) is 6.21. The molecule has 1 N–H and O–H groups in total. The summed E-state index contributed by atoms with van der Waals surface area (Å²) in [4.78, 5) is 8.19. The lowest BCUT2D eigenvalue weighted by molar-refractivity contribution is -0.181. The van der Waals surface area contributed by atoms with E-state index in [2.05, 4.69) is 15.2 Å². The van der Waals surface area contributed by atoms with E-state index < -0.39 is 12.2 Å². The Balaban J connectivity index is 0.00000288. The molecule has 0 radical (unpaired) electrons. The third-order valence-corrected chi connectivity index (χ3v) is 4.49. The molecule has 0 saturated carbocycles. The van der Waals surface area contributed by atoms with Crippen molar-refractivity contribution in [2.24, 2.45) is 10.9 Å². The summed E-state index contributed by atoms with van der Waals surface area (Å²) in [5, 5.41) is 3.24. The second-order valence-electron chi connectivity index (χ2n) is 6.16. The van der Waals surface area contributed by atoms with Gasteiger partial charge in [0.2, 0.25) is 0 Å². The Morgan fingerprint density at radius 1 is 1.29 bits per heavy atom. The van der Waals surface area contributed by atoms with Gasteiger partial charge >= 0.3 is 6.18 Å². The van der Waals surface area contributed by atoms with Crippen molar-refractivity contribution in [3.63, 3.8) is 0 Å². The monoisotopic (exact) mass is 464 g/mol. The highest BCUT2D eigenvalue weighted by Gasteiger charge is 2.41. The summed E-state index contributed by atoms with van der Waals surface area (Å²) in [5.41, 5.74) is 0. The van der Waals surface area contributed by atoms with Gasteiger partial charge in [-0.2, -0.15) is 13.2 Å². The molecule has 0 aliphatic carbocycles. The van der Waals surface area contributed by atoms with E-state index in [1.165, 1.54) is 11.8 Å². The van der Waals surface area contributed by atoms with Gasteiger partial charge in [0, 0.05) is 51.8 Å². The zero-order chi connectivity index (χ0) is 16.9. The van der Waals surface area contributed by atoms with E-state index >= 15 is 0 Å². The minimum Gasteiger partial charge on any atom is -0.381 e. The van der Waals surface area contributed by atoms with E-state index in [0.29, 0.717) is 38.6 Å². The lowest BCUT2D eigenvalue weighted by Crippen LogP contribution is -2.56. The van der Waals surface area contributed by atoms with E-state index in [-0.39, 0.29) is 24.0 Å². The van der Waals surface area contributed by atoms with Crippen molar-refractivity contribution in [1.82, 2.24) is 15.1 Å². The number of hydrogen-bond acceptors (Lipinski definition) is 3. The fourth-order valence-corrected chi connectivity index (χ4v) is 2.90. The van der Waals surface area contributed by atoms with E-state index in [1.807, 2.05) is 6.92 Å². The molecule has 2 heterocycles. The fourth-order valence-electron chi connectivity index (χ4n) is 2.90. The molecule has 0 bridgehead atoms. The summed E-state index contributed by atoms with van der Waals surface area (Å²) in [6.07, 6.45) is -3.14. The summed E-state index contributed by atoms with van der Waals surface area (Å²) in [5.74, 6) is 1.26. The van der Waals surface area contributed by atoms with Crippen LogP contribution in [0.3, 0.4) is 0 Å². The maximum Gasteiger partial charge on any atom is 0.403 e. The number of nitrogens with zero attached hydrogens (tertiary/aromatic N) is 3. The average Bonchev–Trinajstić information content (AvgIpc) is 3.03. The number of hydrogen-bond donors (Lipinski definition) is 1. The molecule has 0 aromatic rings. The van der Waals surface area contributed by atoms with Crippen molar-refractivity contribution in [2.75, 3.05) is 52.5 Å². The van der Waals surface area contributed by atoms with Gasteiger partial charge in [-0.1, -0.05) is 0 Å². The summed E-state index contributed by atoms with van der Waals surface area (Å²) < 4.78 is 43.8. The van der Waals surface area contributed by atoms with Crippen molar-refractivity contribution >= 4 is 29.9 Å². The Labute approximate surface area is 159 Å². The van der Waals surface area contributed by atoms with Gasteiger partial charge in [0.1, 0.15) is 6.04 Å². The van der Waals surface area contributed by atoms with Gasteiger partial charge in [0.25, 0.3) is 0 Å². The van der Waals surface area contributed by atoms with E-state index in [1.54, 1.807) is 0 Å². The third-order valence-electron chi connectivity index (χ3n) is 4.49. The first-order valence-corrected chi connectivity index (χ1v) is 8.33. The number of guanidine groups is 1. The normalized spacial score (nSPS) is 24.6. The molecule has 2 fully saturated rings. The molecule has 24 heavy (non-hydrogen) atoms. The molecule has 9 heteroatoms. The van der Waals surface area contributed by atoms with Crippen LogP contribution in [0, 0.1) is 5.92 Å². The van der Waals surface area contributed by atoms with Crippen molar-refractivity contribution < 1.29 is 17.9 Å². The van der Waals surface area contributed by atoms with Crippen LogP contribution in [0.25, 0.3) is 0 Å². The quantitative estimate of drug-likeness (QED) is 0.394. The molecule has 0 aromatic heterocycles. The van der Waals surface area contributed by atoms with Crippen molar-refractivity contribution in [1.29, 1.82) is 0 Å². The van der Waals surface area contributed by atoms with Gasteiger partial charge in [-0.15, -0.1) is 24.0 Å². The van der Waals surface area contributed by atoms with Gasteiger partial charge in [-0.3, -0.25) is 9.89 Å². The first-order chi connectivity index (χ1) is 10.9. The molecular weight excluding hydrogens is 436 g/mol. The van der Waals surface area contributed by atoms with Crippen LogP contribution in [0.5, 0.6) is 0 Å². The van der Waals surface area contributed by atoms with Crippen LogP contribution in [-0.4, -0.2) is 80.5 Å². The molecule has 0 amide bonds. The van der Waals surface area contributed by atoms with Gasteiger partial charge in [-0.05, 0) is 20.3 Å². The number of nitrogens with one attached hydrogen (secondary N) is 1. The number of alkyl halides is 3. The standard InChI is InChI=1S/C15H27F3N4O.HI/c1-3-19-14(20-10-13-4-9-23-11-13)22-7-5-21(6-8-22)12(2)15(16,17)18;/h12-13H,3-11H2,1-2H3,(H,19,20);1H. The van der Waals surface area contributed by atoms with Crippen LogP contribution in [0.15, 0.2) is 4.99 Å². The Morgan fingerprint density at radius 3 is 2.46 bits per heavy atom. The minimum absolute atomic E-state index is 0. The van der Waals surface area contributed by atoms with Crippen LogP contribution < -0.4 is 5.32 Å². The molecule has 5 nitrogen and oxygen atoms in total. The molecule has 0 spiro atoms. The molecule has 2 rings (SSSR count). The van der Waals surface area contributed by atoms with Gasteiger partial charge in [0.05, 0.1) is 6.61 Å². The topological polar surface area (TPSA) is 40.1 Å². The van der Waals surface area contributed by atoms with Gasteiger partial charge < -0.3 is 15.0 Å². The van der Waals surface area contributed by atoms with Gasteiger partial charge in [-0.25, -0.2) is 0 Å². The smallest absolute Gasteiger partial charge is 0.381 e. The zero-order valence-electron chi connectivity index (χ0n) is 14.3. The number of aliphatic imine (C=N–C) groups is 1. The maximum absolute atomic E-state index is 12.8. The molecule has 2 aliphatic rings. The van der Waals surface area contributed by atoms with E-state index in [4.69, 9.17) is 4.74 Å². The highest BCUT2D eigenvalue weighted by molar-refractivity contribution is 14.0. The van der Waals surface area contributed by atoms with Crippen LogP contribution >= 0.6 is 24.0 Å². The van der Waals surface area contributed by atoms with Crippen LogP contribution in [0.1, 0.15) is 20.3 Å². The molecule has 2 atom stereocenters. The second-order valence-corrected chi connectivity index (χ2v) is 6.16. The maximum atomic E-state index is 12.8. The molecule has 2 aliphatic heterocycles. The predicted molar refractivity (Wildman–Crippen MR) is 99.0 cm³/mol. The average molecular weight is 464 g/mol. The highest BCUT2D eigenvalue weighted by atomic mass is 127. The molecular formula is C15H28F3IN4O. The van der Waals surface area contributed by atoms with Crippen molar-refractivity contribution in [2.45, 2.75) is 32.5 Å². The van der Waals surface area contributed by atoms with Crippen molar-refractivity contribution in [3.8, 4) is 0 Å². The number of piperazine rings is 1. The number of halogens is 4. The fraction of sp³-hybridized carbons (Fsp3) is 0.933. The van der Waals surface area contributed by atoms with Gasteiger partial charge in [0.15, 0.2) is 5.96 Å².